The van der Waals surface area contributed by atoms with Gasteiger partial charge in [0.1, 0.15) is 6.04 Å². The molecule has 3 nitrogen and oxygen atoms in total. The van der Waals surface area contributed by atoms with E-state index in [9.17, 15) is 10.1 Å². The molecule has 1 unspecified atom stereocenters. The van der Waals surface area contributed by atoms with E-state index in [1.165, 1.54) is 0 Å². The van der Waals surface area contributed by atoms with E-state index in [2.05, 4.69) is 24.8 Å². The number of likely N-dealkylation sites (tertiary alicyclic amines) is 1. The minimum absolute atomic E-state index is 0.0828. The fraction of sp³-hybridized carbons (Fsp3) is 0.692. The summed E-state index contributed by atoms with van der Waals surface area (Å²) in [5.41, 5.74) is -0.142. The standard InChI is InChI=1S/C13H18N2O/c1-3-15-7-5-10-8-11(16)4-6-13(10,2)12(15)9-14/h4,6,10,12H,3,5,7-8H2,1-2H3/t10-,12?,13+/m1/s1. The highest BCUT2D eigenvalue weighted by atomic mass is 16.1. The number of nitriles is 1. The van der Waals surface area contributed by atoms with Crippen LogP contribution in [0.2, 0.25) is 0 Å². The summed E-state index contributed by atoms with van der Waals surface area (Å²) in [6.07, 6.45) is 5.28. The van der Waals surface area contributed by atoms with Gasteiger partial charge in [-0.2, -0.15) is 5.26 Å². The van der Waals surface area contributed by atoms with Crippen molar-refractivity contribution in [3.63, 3.8) is 0 Å². The fourth-order valence-electron chi connectivity index (χ4n) is 3.07. The zero-order valence-electron chi connectivity index (χ0n) is 9.94. The first-order valence-electron chi connectivity index (χ1n) is 5.97. The minimum Gasteiger partial charge on any atom is -0.295 e. The van der Waals surface area contributed by atoms with Gasteiger partial charge in [0.05, 0.1) is 6.07 Å². The number of hydrogen-bond acceptors (Lipinski definition) is 3. The van der Waals surface area contributed by atoms with E-state index in [4.69, 9.17) is 0 Å². The van der Waals surface area contributed by atoms with E-state index in [1.54, 1.807) is 6.08 Å². The largest absolute Gasteiger partial charge is 0.295 e. The highest BCUT2D eigenvalue weighted by Gasteiger charge is 2.47. The number of fused-ring (bicyclic) bond motifs is 1. The summed E-state index contributed by atoms with van der Waals surface area (Å²) >= 11 is 0. The Morgan fingerprint density at radius 1 is 1.69 bits per heavy atom. The van der Waals surface area contributed by atoms with Crippen molar-refractivity contribution in [1.82, 2.24) is 4.90 Å². The zero-order valence-corrected chi connectivity index (χ0v) is 9.94. The lowest BCUT2D eigenvalue weighted by molar-refractivity contribution is -0.118. The van der Waals surface area contributed by atoms with Crippen LogP contribution in [0.25, 0.3) is 0 Å². The van der Waals surface area contributed by atoms with Gasteiger partial charge in [-0.1, -0.05) is 19.9 Å². The molecule has 2 aliphatic rings. The maximum Gasteiger partial charge on any atom is 0.155 e. The molecule has 86 valence electrons. The number of carbonyl (C=O) groups excluding carboxylic acids is 1. The second-order valence-corrected chi connectivity index (χ2v) is 5.02. The van der Waals surface area contributed by atoms with Crippen molar-refractivity contribution < 1.29 is 4.79 Å². The normalized spacial score (nSPS) is 39.2. The van der Waals surface area contributed by atoms with Gasteiger partial charge in [0, 0.05) is 11.8 Å². The van der Waals surface area contributed by atoms with Crippen LogP contribution in [0.15, 0.2) is 12.2 Å². The highest BCUT2D eigenvalue weighted by molar-refractivity contribution is 5.91. The predicted molar refractivity (Wildman–Crippen MR) is 61.6 cm³/mol. The van der Waals surface area contributed by atoms with Crippen molar-refractivity contribution in [1.29, 1.82) is 5.26 Å². The smallest absolute Gasteiger partial charge is 0.155 e. The number of allylic oxidation sites excluding steroid dienone is 1. The molecule has 16 heavy (non-hydrogen) atoms. The Morgan fingerprint density at radius 3 is 3.06 bits per heavy atom. The number of hydrogen-bond donors (Lipinski definition) is 0. The third-order valence-electron chi connectivity index (χ3n) is 4.20. The van der Waals surface area contributed by atoms with Crippen LogP contribution in [0, 0.1) is 22.7 Å². The van der Waals surface area contributed by atoms with Gasteiger partial charge in [0.2, 0.25) is 0 Å². The van der Waals surface area contributed by atoms with Gasteiger partial charge in [0.15, 0.2) is 5.78 Å². The van der Waals surface area contributed by atoms with Gasteiger partial charge in [-0.05, 0) is 31.5 Å². The Morgan fingerprint density at radius 2 is 2.44 bits per heavy atom. The van der Waals surface area contributed by atoms with Crippen LogP contribution in [0.5, 0.6) is 0 Å². The number of piperidine rings is 1. The van der Waals surface area contributed by atoms with Gasteiger partial charge in [0.25, 0.3) is 0 Å². The summed E-state index contributed by atoms with van der Waals surface area (Å²) in [6, 6.07) is 2.34. The summed E-state index contributed by atoms with van der Waals surface area (Å²) in [5, 5.41) is 9.35. The minimum atomic E-state index is -0.142. The molecule has 3 atom stereocenters. The summed E-state index contributed by atoms with van der Waals surface area (Å²) < 4.78 is 0. The van der Waals surface area contributed by atoms with E-state index < -0.39 is 0 Å². The molecule has 1 aliphatic heterocycles. The Bertz CT molecular complexity index is 369. The number of carbonyl (C=O) groups is 1. The first-order valence-corrected chi connectivity index (χ1v) is 5.97. The van der Waals surface area contributed by atoms with E-state index >= 15 is 0 Å². The van der Waals surface area contributed by atoms with E-state index in [0.29, 0.717) is 12.3 Å². The molecule has 0 saturated carbocycles. The van der Waals surface area contributed by atoms with Crippen molar-refractivity contribution in [2.45, 2.75) is 32.7 Å². The second kappa shape index (κ2) is 4.03. The van der Waals surface area contributed by atoms with Gasteiger partial charge in [-0.3, -0.25) is 9.69 Å². The monoisotopic (exact) mass is 218 g/mol. The Balaban J connectivity index is 2.35. The van der Waals surface area contributed by atoms with Crippen molar-refractivity contribution in [3.8, 4) is 6.07 Å². The van der Waals surface area contributed by atoms with Crippen LogP contribution >= 0.6 is 0 Å². The quantitative estimate of drug-likeness (QED) is 0.673. The molecule has 0 radical (unpaired) electrons. The SMILES string of the molecule is CCN1CC[C@@H]2CC(=O)C=C[C@]2(C)C1C#N. The lowest BCUT2D eigenvalue weighted by Gasteiger charge is -2.49. The van der Waals surface area contributed by atoms with Gasteiger partial charge < -0.3 is 0 Å². The first kappa shape index (κ1) is 11.3. The fourth-order valence-corrected chi connectivity index (χ4v) is 3.07. The van der Waals surface area contributed by atoms with E-state index in [-0.39, 0.29) is 17.2 Å². The van der Waals surface area contributed by atoms with Crippen molar-refractivity contribution in [2.24, 2.45) is 11.3 Å². The molecule has 1 fully saturated rings. The summed E-state index contributed by atoms with van der Waals surface area (Å²) in [5.74, 6) is 0.557. The van der Waals surface area contributed by atoms with Crippen LogP contribution in [-0.2, 0) is 4.79 Å². The van der Waals surface area contributed by atoms with E-state index in [1.807, 2.05) is 6.08 Å². The molecule has 0 aromatic rings. The average molecular weight is 218 g/mol. The molecule has 0 amide bonds. The summed E-state index contributed by atoms with van der Waals surface area (Å²) in [7, 11) is 0. The van der Waals surface area contributed by atoms with Crippen molar-refractivity contribution >= 4 is 5.78 Å². The Hall–Kier alpha value is -1.14. The molecule has 3 heteroatoms. The molecule has 0 spiro atoms. The van der Waals surface area contributed by atoms with Crippen molar-refractivity contribution in [3.05, 3.63) is 12.2 Å². The summed E-state index contributed by atoms with van der Waals surface area (Å²) in [6.45, 7) is 6.06. The molecule has 0 bridgehead atoms. The molecule has 0 N–H and O–H groups in total. The number of nitrogens with zero attached hydrogens (tertiary/aromatic N) is 2. The van der Waals surface area contributed by atoms with Gasteiger partial charge >= 0.3 is 0 Å². The van der Waals surface area contributed by atoms with Gasteiger partial charge in [-0.25, -0.2) is 0 Å². The van der Waals surface area contributed by atoms with Crippen LogP contribution < -0.4 is 0 Å². The maximum atomic E-state index is 11.4. The lowest BCUT2D eigenvalue weighted by atomic mass is 9.63. The zero-order chi connectivity index (χ0) is 11.8. The molecule has 0 aromatic heterocycles. The molecule has 1 heterocycles. The molecule has 0 aromatic carbocycles. The van der Waals surface area contributed by atoms with E-state index in [0.717, 1.165) is 19.5 Å². The van der Waals surface area contributed by atoms with Crippen LogP contribution in [-0.4, -0.2) is 29.8 Å². The second-order valence-electron chi connectivity index (χ2n) is 5.02. The number of ketones is 1. The molecular formula is C13H18N2O. The molecule has 1 aliphatic carbocycles. The predicted octanol–water partition coefficient (Wildman–Crippen LogP) is 1.76. The third kappa shape index (κ3) is 1.58. The third-order valence-corrected chi connectivity index (χ3v) is 4.20. The average Bonchev–Trinajstić information content (AvgIpc) is 2.28. The molecular weight excluding hydrogens is 200 g/mol. The van der Waals surface area contributed by atoms with Crippen LogP contribution in [0.4, 0.5) is 0 Å². The van der Waals surface area contributed by atoms with Gasteiger partial charge in [-0.15, -0.1) is 0 Å². The first-order chi connectivity index (χ1) is 7.61. The summed E-state index contributed by atoms with van der Waals surface area (Å²) in [4.78, 5) is 13.6. The number of rotatable bonds is 1. The molecule has 1 saturated heterocycles. The topological polar surface area (TPSA) is 44.1 Å². The molecule has 2 rings (SSSR count). The highest BCUT2D eigenvalue weighted by Crippen LogP contribution is 2.45. The van der Waals surface area contributed by atoms with Crippen LogP contribution in [0.3, 0.4) is 0 Å². The Labute approximate surface area is 96.7 Å². The van der Waals surface area contributed by atoms with Crippen molar-refractivity contribution in [2.75, 3.05) is 13.1 Å². The lowest BCUT2D eigenvalue weighted by Crippen LogP contribution is -2.55. The van der Waals surface area contributed by atoms with Crippen LogP contribution in [0.1, 0.15) is 26.7 Å². The Kier molecular flexibility index (Phi) is 2.86. The maximum absolute atomic E-state index is 11.4.